The van der Waals surface area contributed by atoms with Gasteiger partial charge in [-0.3, -0.25) is 4.79 Å². The molecule has 0 atom stereocenters. The molecule has 1 heterocycles. The zero-order valence-electron chi connectivity index (χ0n) is 11.5. The summed E-state index contributed by atoms with van der Waals surface area (Å²) >= 11 is 0. The molecule has 0 spiro atoms. The SMILES string of the molecule is Cl.O=C(CC1(CO)CCNCC1)OCc1ccccc1. The van der Waals surface area contributed by atoms with E-state index in [1.165, 1.54) is 0 Å². The van der Waals surface area contributed by atoms with E-state index >= 15 is 0 Å². The molecule has 112 valence electrons. The van der Waals surface area contributed by atoms with Gasteiger partial charge in [-0.05, 0) is 31.5 Å². The second kappa shape index (κ2) is 8.25. The molecule has 1 saturated heterocycles. The van der Waals surface area contributed by atoms with Crippen molar-refractivity contribution in [2.24, 2.45) is 5.41 Å². The third-order valence-electron chi connectivity index (χ3n) is 3.76. The topological polar surface area (TPSA) is 58.6 Å². The van der Waals surface area contributed by atoms with Crippen LogP contribution in [0, 0.1) is 5.41 Å². The molecule has 4 nitrogen and oxygen atoms in total. The first-order valence-electron chi connectivity index (χ1n) is 6.75. The Hall–Kier alpha value is -1.10. The molecule has 1 aromatic rings. The molecule has 0 unspecified atom stereocenters. The van der Waals surface area contributed by atoms with E-state index in [0.717, 1.165) is 31.5 Å². The second-order valence-electron chi connectivity index (χ2n) is 5.23. The van der Waals surface area contributed by atoms with Crippen LogP contribution in [0.25, 0.3) is 0 Å². The van der Waals surface area contributed by atoms with Crippen molar-refractivity contribution in [3.05, 3.63) is 35.9 Å². The van der Waals surface area contributed by atoms with Gasteiger partial charge in [-0.15, -0.1) is 12.4 Å². The van der Waals surface area contributed by atoms with Crippen molar-refractivity contribution in [1.82, 2.24) is 5.32 Å². The fourth-order valence-corrected chi connectivity index (χ4v) is 2.44. The summed E-state index contributed by atoms with van der Waals surface area (Å²) in [6.45, 7) is 2.06. The van der Waals surface area contributed by atoms with Crippen molar-refractivity contribution >= 4 is 18.4 Å². The summed E-state index contributed by atoms with van der Waals surface area (Å²) in [5.74, 6) is -0.222. The number of piperidine rings is 1. The van der Waals surface area contributed by atoms with Gasteiger partial charge in [0.05, 0.1) is 6.42 Å². The number of aliphatic hydroxyl groups excluding tert-OH is 1. The minimum absolute atomic E-state index is 0. The van der Waals surface area contributed by atoms with Gasteiger partial charge in [0.15, 0.2) is 0 Å². The fourth-order valence-electron chi connectivity index (χ4n) is 2.44. The molecule has 0 aromatic heterocycles. The molecular formula is C15H22ClNO3. The van der Waals surface area contributed by atoms with Crippen molar-refractivity contribution in [2.45, 2.75) is 25.9 Å². The zero-order chi connectivity index (χ0) is 13.6. The number of carbonyl (C=O) groups excluding carboxylic acids is 1. The smallest absolute Gasteiger partial charge is 0.306 e. The van der Waals surface area contributed by atoms with E-state index in [2.05, 4.69) is 5.32 Å². The molecule has 1 fully saturated rings. The van der Waals surface area contributed by atoms with Gasteiger partial charge in [0.25, 0.3) is 0 Å². The molecule has 2 rings (SSSR count). The van der Waals surface area contributed by atoms with E-state index in [0.29, 0.717) is 13.0 Å². The van der Waals surface area contributed by atoms with Crippen molar-refractivity contribution < 1.29 is 14.6 Å². The lowest BCUT2D eigenvalue weighted by molar-refractivity contribution is -0.149. The first kappa shape index (κ1) is 17.0. The second-order valence-corrected chi connectivity index (χ2v) is 5.23. The number of halogens is 1. The Morgan fingerprint density at radius 1 is 1.25 bits per heavy atom. The molecule has 0 amide bonds. The number of nitrogens with one attached hydrogen (secondary N) is 1. The van der Waals surface area contributed by atoms with Crippen LogP contribution in [0.5, 0.6) is 0 Å². The molecule has 0 radical (unpaired) electrons. The summed E-state index contributed by atoms with van der Waals surface area (Å²) < 4.78 is 5.29. The van der Waals surface area contributed by atoms with E-state index in [9.17, 15) is 9.90 Å². The van der Waals surface area contributed by atoms with Crippen molar-refractivity contribution in [1.29, 1.82) is 0 Å². The largest absolute Gasteiger partial charge is 0.461 e. The normalized spacial score (nSPS) is 17.1. The predicted octanol–water partition coefficient (Wildman–Crippen LogP) is 1.90. The molecule has 1 aliphatic rings. The Labute approximate surface area is 125 Å². The maximum atomic E-state index is 11.9. The van der Waals surface area contributed by atoms with E-state index in [-0.39, 0.29) is 30.4 Å². The fraction of sp³-hybridized carbons (Fsp3) is 0.533. The van der Waals surface area contributed by atoms with Crippen molar-refractivity contribution in [3.8, 4) is 0 Å². The summed E-state index contributed by atoms with van der Waals surface area (Å²) in [6.07, 6.45) is 1.95. The number of ether oxygens (including phenoxy) is 1. The lowest BCUT2D eigenvalue weighted by atomic mass is 9.77. The van der Waals surface area contributed by atoms with Crippen LogP contribution < -0.4 is 5.32 Å². The number of benzene rings is 1. The number of aliphatic hydroxyl groups is 1. The molecule has 1 aliphatic heterocycles. The van der Waals surface area contributed by atoms with E-state index in [1.807, 2.05) is 30.3 Å². The van der Waals surface area contributed by atoms with Gasteiger partial charge in [0, 0.05) is 12.0 Å². The summed E-state index contributed by atoms with van der Waals surface area (Å²) in [6, 6.07) is 9.64. The highest BCUT2D eigenvalue weighted by Gasteiger charge is 2.34. The van der Waals surface area contributed by atoms with Crippen LogP contribution in [-0.4, -0.2) is 30.8 Å². The Morgan fingerprint density at radius 2 is 1.90 bits per heavy atom. The molecule has 20 heavy (non-hydrogen) atoms. The van der Waals surface area contributed by atoms with Crippen LogP contribution in [0.4, 0.5) is 0 Å². The van der Waals surface area contributed by atoms with Crippen LogP contribution in [0.3, 0.4) is 0 Å². The molecule has 5 heteroatoms. The Bertz CT molecular complexity index is 405. The molecule has 1 aromatic carbocycles. The number of hydrogen-bond acceptors (Lipinski definition) is 4. The molecule has 0 aliphatic carbocycles. The first-order chi connectivity index (χ1) is 9.24. The van der Waals surface area contributed by atoms with Crippen LogP contribution in [0.1, 0.15) is 24.8 Å². The summed E-state index contributed by atoms with van der Waals surface area (Å²) in [5, 5.41) is 12.8. The highest BCUT2D eigenvalue weighted by molar-refractivity contribution is 5.85. The van der Waals surface area contributed by atoms with Crippen LogP contribution in [0.2, 0.25) is 0 Å². The molecular weight excluding hydrogens is 278 g/mol. The number of carbonyl (C=O) groups is 1. The van der Waals surface area contributed by atoms with Gasteiger partial charge in [0.2, 0.25) is 0 Å². The van der Waals surface area contributed by atoms with Gasteiger partial charge in [-0.2, -0.15) is 0 Å². The quantitative estimate of drug-likeness (QED) is 0.816. The minimum Gasteiger partial charge on any atom is -0.461 e. The third kappa shape index (κ3) is 4.78. The summed E-state index contributed by atoms with van der Waals surface area (Å²) in [5.41, 5.74) is 0.693. The van der Waals surface area contributed by atoms with Gasteiger partial charge in [-0.25, -0.2) is 0 Å². The number of hydrogen-bond donors (Lipinski definition) is 2. The monoisotopic (exact) mass is 299 g/mol. The van der Waals surface area contributed by atoms with E-state index in [4.69, 9.17) is 4.74 Å². The maximum Gasteiger partial charge on any atom is 0.306 e. The summed E-state index contributed by atoms with van der Waals surface area (Å²) in [4.78, 5) is 11.9. The highest BCUT2D eigenvalue weighted by Crippen LogP contribution is 2.32. The zero-order valence-corrected chi connectivity index (χ0v) is 12.3. The van der Waals surface area contributed by atoms with Crippen LogP contribution in [-0.2, 0) is 16.1 Å². The Kier molecular flexibility index (Phi) is 6.99. The molecule has 0 saturated carbocycles. The lowest BCUT2D eigenvalue weighted by Gasteiger charge is -2.35. The minimum atomic E-state index is -0.293. The van der Waals surface area contributed by atoms with Gasteiger partial charge in [-0.1, -0.05) is 30.3 Å². The highest BCUT2D eigenvalue weighted by atomic mass is 35.5. The predicted molar refractivity (Wildman–Crippen MR) is 79.7 cm³/mol. The van der Waals surface area contributed by atoms with Gasteiger partial charge < -0.3 is 15.2 Å². The van der Waals surface area contributed by atoms with Crippen molar-refractivity contribution in [2.75, 3.05) is 19.7 Å². The number of rotatable bonds is 5. The molecule has 0 bridgehead atoms. The standard InChI is InChI=1S/C15H21NO3.ClH/c17-12-15(6-8-16-9-7-15)10-14(18)19-11-13-4-2-1-3-5-13;/h1-5,16-17H,6-12H2;1H. The van der Waals surface area contributed by atoms with Crippen molar-refractivity contribution in [3.63, 3.8) is 0 Å². The van der Waals surface area contributed by atoms with Gasteiger partial charge in [0.1, 0.15) is 6.61 Å². The average molecular weight is 300 g/mol. The lowest BCUT2D eigenvalue weighted by Crippen LogP contribution is -2.40. The number of esters is 1. The Balaban J connectivity index is 0.00000200. The van der Waals surface area contributed by atoms with Crippen LogP contribution in [0.15, 0.2) is 30.3 Å². The average Bonchev–Trinajstić information content (AvgIpc) is 2.47. The first-order valence-corrected chi connectivity index (χ1v) is 6.75. The maximum absolute atomic E-state index is 11.9. The van der Waals surface area contributed by atoms with Gasteiger partial charge >= 0.3 is 5.97 Å². The summed E-state index contributed by atoms with van der Waals surface area (Å²) in [7, 11) is 0. The van der Waals surface area contributed by atoms with E-state index in [1.54, 1.807) is 0 Å². The van der Waals surface area contributed by atoms with E-state index < -0.39 is 0 Å². The Morgan fingerprint density at radius 3 is 2.50 bits per heavy atom. The van der Waals surface area contributed by atoms with Crippen LogP contribution >= 0.6 is 12.4 Å². The molecule has 2 N–H and O–H groups in total. The third-order valence-corrected chi connectivity index (χ3v) is 3.76.